The van der Waals surface area contributed by atoms with E-state index in [1.165, 1.54) is 12.8 Å². The zero-order chi connectivity index (χ0) is 12.0. The summed E-state index contributed by atoms with van der Waals surface area (Å²) >= 11 is 0. The number of nitrogens with one attached hydrogen (secondary N) is 1. The van der Waals surface area contributed by atoms with Crippen LogP contribution in [0.15, 0.2) is 0 Å². The van der Waals surface area contributed by atoms with Crippen molar-refractivity contribution in [1.82, 2.24) is 5.32 Å². The molecule has 2 nitrogen and oxygen atoms in total. The van der Waals surface area contributed by atoms with E-state index in [0.717, 1.165) is 44.7 Å². The fraction of sp³-hybridized carbons (Fsp3) is 0.929. The van der Waals surface area contributed by atoms with Gasteiger partial charge in [-0.15, -0.1) is 0 Å². The quantitative estimate of drug-likeness (QED) is 0.778. The van der Waals surface area contributed by atoms with Gasteiger partial charge in [0.05, 0.1) is 0 Å². The third kappa shape index (κ3) is 6.26. The molecule has 1 saturated heterocycles. The molecule has 94 valence electrons. The standard InChI is InChI=1S/C14H27NO/c1-14(2,3)9-8-13(16)7-6-12-5-4-10-15-11-12/h12,15H,4-11H2,1-3H3. The number of carbonyl (C=O) groups is 1. The molecule has 0 aromatic heterocycles. The number of Topliss-reactive ketones (excluding diaryl/α,β-unsaturated/α-hetero) is 1. The molecule has 2 heteroatoms. The summed E-state index contributed by atoms with van der Waals surface area (Å²) in [5.74, 6) is 1.20. The first-order chi connectivity index (χ1) is 7.47. The predicted octanol–water partition coefficient (Wildman–Crippen LogP) is 3.16. The number of hydrogen-bond donors (Lipinski definition) is 1. The van der Waals surface area contributed by atoms with Crippen LogP contribution in [-0.2, 0) is 4.79 Å². The maximum Gasteiger partial charge on any atom is 0.132 e. The van der Waals surface area contributed by atoms with Crippen molar-refractivity contribution in [3.05, 3.63) is 0 Å². The Morgan fingerprint density at radius 2 is 2.06 bits per heavy atom. The first kappa shape index (κ1) is 13.7. The number of piperidine rings is 1. The van der Waals surface area contributed by atoms with E-state index in [2.05, 4.69) is 26.1 Å². The highest BCUT2D eigenvalue weighted by Gasteiger charge is 2.16. The molecule has 0 spiro atoms. The van der Waals surface area contributed by atoms with Gasteiger partial charge in [-0.25, -0.2) is 0 Å². The monoisotopic (exact) mass is 225 g/mol. The topological polar surface area (TPSA) is 29.1 Å². The maximum absolute atomic E-state index is 11.7. The molecule has 0 bridgehead atoms. The largest absolute Gasteiger partial charge is 0.316 e. The summed E-state index contributed by atoms with van der Waals surface area (Å²) < 4.78 is 0. The lowest BCUT2D eigenvalue weighted by Gasteiger charge is -2.22. The average molecular weight is 225 g/mol. The molecule has 0 aromatic carbocycles. The molecule has 1 unspecified atom stereocenters. The summed E-state index contributed by atoms with van der Waals surface area (Å²) in [4.78, 5) is 11.7. The van der Waals surface area contributed by atoms with E-state index in [-0.39, 0.29) is 0 Å². The van der Waals surface area contributed by atoms with Crippen LogP contribution in [0.5, 0.6) is 0 Å². The van der Waals surface area contributed by atoms with Crippen LogP contribution in [0.25, 0.3) is 0 Å². The van der Waals surface area contributed by atoms with Crippen LogP contribution in [-0.4, -0.2) is 18.9 Å². The van der Waals surface area contributed by atoms with E-state index in [9.17, 15) is 4.79 Å². The smallest absolute Gasteiger partial charge is 0.132 e. The minimum absolute atomic E-state index is 0.294. The summed E-state index contributed by atoms with van der Waals surface area (Å²) in [5.41, 5.74) is 0.294. The second-order valence-electron chi connectivity index (χ2n) is 6.35. The summed E-state index contributed by atoms with van der Waals surface area (Å²) in [6, 6.07) is 0. The predicted molar refractivity (Wildman–Crippen MR) is 68.5 cm³/mol. The molecule has 1 aliphatic heterocycles. The molecular weight excluding hydrogens is 198 g/mol. The van der Waals surface area contributed by atoms with E-state index in [4.69, 9.17) is 0 Å². The third-order valence-electron chi connectivity index (χ3n) is 3.38. The first-order valence-corrected chi connectivity index (χ1v) is 6.70. The van der Waals surface area contributed by atoms with Crippen molar-refractivity contribution in [2.45, 2.75) is 59.3 Å². The molecule has 16 heavy (non-hydrogen) atoms. The second-order valence-corrected chi connectivity index (χ2v) is 6.35. The Bertz CT molecular complexity index is 211. The Morgan fingerprint density at radius 3 is 2.62 bits per heavy atom. The van der Waals surface area contributed by atoms with Crippen LogP contribution < -0.4 is 5.32 Å². The molecule has 0 aromatic rings. The summed E-state index contributed by atoms with van der Waals surface area (Å²) in [5, 5.41) is 3.40. The van der Waals surface area contributed by atoms with Crippen LogP contribution in [0.1, 0.15) is 59.3 Å². The Balaban J connectivity index is 2.09. The van der Waals surface area contributed by atoms with Gasteiger partial charge in [0.25, 0.3) is 0 Å². The van der Waals surface area contributed by atoms with E-state index >= 15 is 0 Å². The van der Waals surface area contributed by atoms with Gasteiger partial charge in [0.1, 0.15) is 5.78 Å². The van der Waals surface area contributed by atoms with Gasteiger partial charge >= 0.3 is 0 Å². The van der Waals surface area contributed by atoms with Crippen molar-refractivity contribution >= 4 is 5.78 Å². The van der Waals surface area contributed by atoms with Crippen LogP contribution in [0, 0.1) is 11.3 Å². The molecular formula is C14H27NO. The van der Waals surface area contributed by atoms with Crippen LogP contribution >= 0.6 is 0 Å². The lowest BCUT2D eigenvalue weighted by molar-refractivity contribution is -0.119. The Kier molecular flexibility index (Phi) is 5.47. The van der Waals surface area contributed by atoms with Gasteiger partial charge in [0, 0.05) is 12.8 Å². The zero-order valence-electron chi connectivity index (χ0n) is 11.1. The van der Waals surface area contributed by atoms with E-state index in [1.807, 2.05) is 0 Å². The molecule has 1 N–H and O–H groups in total. The van der Waals surface area contributed by atoms with Crippen molar-refractivity contribution in [3.8, 4) is 0 Å². The van der Waals surface area contributed by atoms with Gasteiger partial charge in [-0.3, -0.25) is 4.79 Å². The van der Waals surface area contributed by atoms with Gasteiger partial charge in [-0.2, -0.15) is 0 Å². The summed E-state index contributed by atoms with van der Waals surface area (Å²) in [7, 11) is 0. The van der Waals surface area contributed by atoms with Crippen LogP contribution in [0.4, 0.5) is 0 Å². The van der Waals surface area contributed by atoms with Crippen molar-refractivity contribution < 1.29 is 4.79 Å². The van der Waals surface area contributed by atoms with Crippen molar-refractivity contribution in [1.29, 1.82) is 0 Å². The maximum atomic E-state index is 11.7. The summed E-state index contributed by atoms with van der Waals surface area (Å²) in [6.45, 7) is 8.88. The Labute approximate surface area is 100 Å². The normalized spacial score (nSPS) is 22.1. The van der Waals surface area contributed by atoms with E-state index in [0.29, 0.717) is 11.2 Å². The SMILES string of the molecule is CC(C)(C)CCC(=O)CCC1CCCNC1. The van der Waals surface area contributed by atoms with Crippen molar-refractivity contribution in [3.63, 3.8) is 0 Å². The molecule has 0 amide bonds. The minimum Gasteiger partial charge on any atom is -0.316 e. The Morgan fingerprint density at radius 1 is 1.31 bits per heavy atom. The van der Waals surface area contributed by atoms with Crippen LogP contribution in [0.2, 0.25) is 0 Å². The molecule has 1 heterocycles. The fourth-order valence-electron chi connectivity index (χ4n) is 2.17. The van der Waals surface area contributed by atoms with Gasteiger partial charge in [-0.1, -0.05) is 20.8 Å². The molecule has 1 fully saturated rings. The van der Waals surface area contributed by atoms with Gasteiger partial charge in [0.2, 0.25) is 0 Å². The second kappa shape index (κ2) is 6.39. The van der Waals surface area contributed by atoms with Crippen molar-refractivity contribution in [2.75, 3.05) is 13.1 Å². The molecule has 1 aliphatic rings. The fourth-order valence-corrected chi connectivity index (χ4v) is 2.17. The number of hydrogen-bond acceptors (Lipinski definition) is 2. The van der Waals surface area contributed by atoms with Crippen LogP contribution in [0.3, 0.4) is 0 Å². The first-order valence-electron chi connectivity index (χ1n) is 6.70. The number of carbonyl (C=O) groups excluding carboxylic acids is 1. The van der Waals surface area contributed by atoms with Crippen molar-refractivity contribution in [2.24, 2.45) is 11.3 Å². The molecule has 0 aliphatic carbocycles. The van der Waals surface area contributed by atoms with Gasteiger partial charge in [-0.05, 0) is 50.1 Å². The lowest BCUT2D eigenvalue weighted by atomic mass is 9.87. The minimum atomic E-state index is 0.294. The molecule has 1 rings (SSSR count). The Hall–Kier alpha value is -0.370. The van der Waals surface area contributed by atoms with E-state index < -0.39 is 0 Å². The highest BCUT2D eigenvalue weighted by molar-refractivity contribution is 5.78. The van der Waals surface area contributed by atoms with E-state index in [1.54, 1.807) is 0 Å². The average Bonchev–Trinajstić information content (AvgIpc) is 2.24. The van der Waals surface area contributed by atoms with Gasteiger partial charge < -0.3 is 5.32 Å². The zero-order valence-corrected chi connectivity index (χ0v) is 11.1. The highest BCUT2D eigenvalue weighted by Crippen LogP contribution is 2.22. The highest BCUT2D eigenvalue weighted by atomic mass is 16.1. The third-order valence-corrected chi connectivity index (χ3v) is 3.38. The molecule has 1 atom stereocenters. The summed E-state index contributed by atoms with van der Waals surface area (Å²) in [6.07, 6.45) is 6.26. The molecule has 0 radical (unpaired) electrons. The van der Waals surface area contributed by atoms with Gasteiger partial charge in [0.15, 0.2) is 0 Å². The number of rotatable bonds is 5. The number of ketones is 1. The molecule has 0 saturated carbocycles. The lowest BCUT2D eigenvalue weighted by Crippen LogP contribution is -2.30.